The standard InChI is InChI=1S/C31H25NO6/c1-3-37-31(35)24-15-11-22(12-16-24)27-28-25(19-32(29(27)33)18-20-7-5-4-6-8-20)17-26(38-28)21-9-13-23(14-10-21)30(34)36-2/h4-17,19H,3,18H2,1-2H3. The summed E-state index contributed by atoms with van der Waals surface area (Å²) in [6.45, 7) is 2.41. The van der Waals surface area contributed by atoms with Crippen molar-refractivity contribution in [3.05, 3.63) is 118 Å². The molecule has 7 heteroatoms. The van der Waals surface area contributed by atoms with Crippen LogP contribution in [0.1, 0.15) is 33.2 Å². The number of benzene rings is 3. The lowest BCUT2D eigenvalue weighted by Gasteiger charge is -2.10. The number of pyridine rings is 1. The van der Waals surface area contributed by atoms with Crippen LogP contribution in [-0.2, 0) is 16.0 Å². The first-order valence-electron chi connectivity index (χ1n) is 12.2. The van der Waals surface area contributed by atoms with Crippen LogP contribution in [0.4, 0.5) is 0 Å². The Kier molecular flexibility index (Phi) is 6.91. The summed E-state index contributed by atoms with van der Waals surface area (Å²) in [5, 5.41) is 0.747. The van der Waals surface area contributed by atoms with E-state index in [-0.39, 0.29) is 12.2 Å². The first kappa shape index (κ1) is 24.8. The summed E-state index contributed by atoms with van der Waals surface area (Å²) in [6, 6.07) is 25.2. The van der Waals surface area contributed by atoms with E-state index in [1.165, 1.54) is 7.11 Å². The van der Waals surface area contributed by atoms with Gasteiger partial charge in [0.15, 0.2) is 0 Å². The van der Waals surface area contributed by atoms with E-state index in [1.54, 1.807) is 66.2 Å². The smallest absolute Gasteiger partial charge is 0.338 e. The fraction of sp³-hybridized carbons (Fsp3) is 0.129. The van der Waals surface area contributed by atoms with Crippen molar-refractivity contribution in [2.24, 2.45) is 0 Å². The minimum absolute atomic E-state index is 0.216. The van der Waals surface area contributed by atoms with Crippen molar-refractivity contribution < 1.29 is 23.5 Å². The highest BCUT2D eigenvalue weighted by atomic mass is 16.5. The number of fused-ring (bicyclic) bond motifs is 1. The number of aromatic nitrogens is 1. The average Bonchev–Trinajstić information content (AvgIpc) is 3.37. The predicted octanol–water partition coefficient (Wildman–Crippen LogP) is 5.94. The number of hydrogen-bond acceptors (Lipinski definition) is 6. The van der Waals surface area contributed by atoms with E-state index in [0.717, 1.165) is 16.5 Å². The average molecular weight is 508 g/mol. The molecule has 38 heavy (non-hydrogen) atoms. The third-order valence-electron chi connectivity index (χ3n) is 6.23. The zero-order valence-corrected chi connectivity index (χ0v) is 21.0. The van der Waals surface area contributed by atoms with Gasteiger partial charge in [0.2, 0.25) is 0 Å². The molecule has 3 aromatic carbocycles. The number of carbonyl (C=O) groups is 2. The summed E-state index contributed by atoms with van der Waals surface area (Å²) in [6.07, 6.45) is 1.79. The van der Waals surface area contributed by atoms with Crippen LogP contribution >= 0.6 is 0 Å². The number of rotatable bonds is 7. The van der Waals surface area contributed by atoms with E-state index in [1.807, 2.05) is 36.4 Å². The van der Waals surface area contributed by atoms with Gasteiger partial charge in [0.1, 0.15) is 11.3 Å². The molecule has 190 valence electrons. The molecule has 7 nitrogen and oxygen atoms in total. The summed E-state index contributed by atoms with van der Waals surface area (Å²) in [5.74, 6) is -0.292. The number of ether oxygens (including phenoxy) is 2. The van der Waals surface area contributed by atoms with Crippen LogP contribution in [0.15, 0.2) is 100 Å². The topological polar surface area (TPSA) is 87.7 Å². The quantitative estimate of drug-likeness (QED) is 0.253. The van der Waals surface area contributed by atoms with Gasteiger partial charge in [-0.05, 0) is 48.4 Å². The molecule has 0 bridgehead atoms. The van der Waals surface area contributed by atoms with Crippen LogP contribution in [0, 0.1) is 0 Å². The fourth-order valence-electron chi connectivity index (χ4n) is 4.33. The molecular formula is C31H25NO6. The molecule has 0 aliphatic carbocycles. The fourth-order valence-corrected chi connectivity index (χ4v) is 4.33. The van der Waals surface area contributed by atoms with Crippen LogP contribution in [0.25, 0.3) is 33.4 Å². The summed E-state index contributed by atoms with van der Waals surface area (Å²) in [7, 11) is 1.33. The Morgan fingerprint density at radius 1 is 0.842 bits per heavy atom. The van der Waals surface area contributed by atoms with Crippen molar-refractivity contribution in [2.45, 2.75) is 13.5 Å². The van der Waals surface area contributed by atoms with Gasteiger partial charge in [0.05, 0.1) is 37.0 Å². The van der Waals surface area contributed by atoms with Gasteiger partial charge in [-0.2, -0.15) is 0 Å². The second-order valence-electron chi connectivity index (χ2n) is 8.68. The third-order valence-corrected chi connectivity index (χ3v) is 6.23. The van der Waals surface area contributed by atoms with Gasteiger partial charge in [-0.15, -0.1) is 0 Å². The normalized spacial score (nSPS) is 10.9. The first-order chi connectivity index (χ1) is 18.5. The van der Waals surface area contributed by atoms with Crippen molar-refractivity contribution >= 4 is 22.9 Å². The molecule has 0 atom stereocenters. The van der Waals surface area contributed by atoms with Gasteiger partial charge < -0.3 is 18.5 Å². The van der Waals surface area contributed by atoms with Crippen LogP contribution in [0.2, 0.25) is 0 Å². The van der Waals surface area contributed by atoms with E-state index < -0.39 is 11.9 Å². The maximum atomic E-state index is 13.8. The lowest BCUT2D eigenvalue weighted by Crippen LogP contribution is -2.22. The second kappa shape index (κ2) is 10.6. The molecule has 0 radical (unpaired) electrons. The summed E-state index contributed by atoms with van der Waals surface area (Å²) in [4.78, 5) is 37.7. The summed E-state index contributed by atoms with van der Waals surface area (Å²) in [5.41, 5.74) is 3.81. The van der Waals surface area contributed by atoms with E-state index in [4.69, 9.17) is 13.9 Å². The third kappa shape index (κ3) is 4.86. The Balaban J connectivity index is 1.64. The molecule has 2 heterocycles. The highest BCUT2D eigenvalue weighted by Crippen LogP contribution is 2.33. The second-order valence-corrected chi connectivity index (χ2v) is 8.68. The predicted molar refractivity (Wildman–Crippen MR) is 144 cm³/mol. The Morgan fingerprint density at radius 2 is 1.47 bits per heavy atom. The molecule has 5 aromatic rings. The van der Waals surface area contributed by atoms with Crippen LogP contribution < -0.4 is 5.56 Å². The SMILES string of the molecule is CCOC(=O)c1ccc(-c2c(=O)n(Cc3ccccc3)cc3cc(-c4ccc(C(=O)OC)cc4)oc23)cc1. The number of methoxy groups -OCH3 is 1. The van der Waals surface area contributed by atoms with Crippen LogP contribution in [0.3, 0.4) is 0 Å². The zero-order chi connectivity index (χ0) is 26.6. The van der Waals surface area contributed by atoms with E-state index in [9.17, 15) is 14.4 Å². The first-order valence-corrected chi connectivity index (χ1v) is 12.2. The highest BCUT2D eigenvalue weighted by Gasteiger charge is 2.19. The Labute approximate surface area is 218 Å². The molecule has 0 aliphatic heterocycles. The monoisotopic (exact) mass is 507 g/mol. The van der Waals surface area contributed by atoms with Gasteiger partial charge in [-0.3, -0.25) is 4.79 Å². The lowest BCUT2D eigenvalue weighted by atomic mass is 10.0. The number of furan rings is 1. The molecule has 0 saturated carbocycles. The zero-order valence-electron chi connectivity index (χ0n) is 21.0. The van der Waals surface area contributed by atoms with Crippen LogP contribution in [-0.4, -0.2) is 30.2 Å². The molecule has 0 fully saturated rings. The Morgan fingerprint density at radius 3 is 2.11 bits per heavy atom. The van der Waals surface area contributed by atoms with Gasteiger partial charge in [-0.25, -0.2) is 9.59 Å². The van der Waals surface area contributed by atoms with E-state index >= 15 is 0 Å². The van der Waals surface area contributed by atoms with Gasteiger partial charge in [-0.1, -0.05) is 54.6 Å². The molecule has 0 spiro atoms. The lowest BCUT2D eigenvalue weighted by molar-refractivity contribution is 0.0525. The van der Waals surface area contributed by atoms with Crippen molar-refractivity contribution in [3.63, 3.8) is 0 Å². The highest BCUT2D eigenvalue weighted by molar-refractivity contribution is 5.96. The molecular weight excluding hydrogens is 482 g/mol. The summed E-state index contributed by atoms with van der Waals surface area (Å²) >= 11 is 0. The molecule has 0 aliphatic rings. The molecule has 0 unspecified atom stereocenters. The van der Waals surface area contributed by atoms with Gasteiger partial charge in [0, 0.05) is 17.1 Å². The Bertz CT molecular complexity index is 1660. The van der Waals surface area contributed by atoms with E-state index in [0.29, 0.717) is 40.1 Å². The summed E-state index contributed by atoms with van der Waals surface area (Å²) < 4.78 is 17.8. The number of nitrogens with zero attached hydrogens (tertiary/aromatic N) is 1. The maximum Gasteiger partial charge on any atom is 0.338 e. The Hall–Kier alpha value is -4.91. The minimum Gasteiger partial charge on any atom is -0.465 e. The largest absolute Gasteiger partial charge is 0.465 e. The molecule has 0 amide bonds. The molecule has 0 N–H and O–H groups in total. The molecule has 5 rings (SSSR count). The number of carbonyl (C=O) groups excluding carboxylic acids is 2. The van der Waals surface area contributed by atoms with Crippen molar-refractivity contribution in [1.29, 1.82) is 0 Å². The number of hydrogen-bond donors (Lipinski definition) is 0. The van der Waals surface area contributed by atoms with Crippen LogP contribution in [0.5, 0.6) is 0 Å². The number of esters is 2. The molecule has 0 saturated heterocycles. The van der Waals surface area contributed by atoms with Crippen molar-refractivity contribution in [3.8, 4) is 22.5 Å². The van der Waals surface area contributed by atoms with Crippen molar-refractivity contribution in [1.82, 2.24) is 4.57 Å². The van der Waals surface area contributed by atoms with E-state index in [2.05, 4.69) is 0 Å². The van der Waals surface area contributed by atoms with Gasteiger partial charge in [0.25, 0.3) is 5.56 Å². The van der Waals surface area contributed by atoms with Crippen molar-refractivity contribution in [2.75, 3.05) is 13.7 Å². The molecule has 2 aromatic heterocycles. The van der Waals surface area contributed by atoms with Gasteiger partial charge >= 0.3 is 11.9 Å². The minimum atomic E-state index is -0.423. The maximum absolute atomic E-state index is 13.8.